The van der Waals surface area contributed by atoms with Crippen molar-refractivity contribution in [3.8, 4) is 0 Å². The van der Waals surface area contributed by atoms with Crippen LogP contribution >= 0.6 is 0 Å². The van der Waals surface area contributed by atoms with Crippen molar-refractivity contribution in [2.45, 2.75) is 51.0 Å². The van der Waals surface area contributed by atoms with Gasteiger partial charge in [0.25, 0.3) is 0 Å². The zero-order valence-corrected chi connectivity index (χ0v) is 15.7. The SMILES string of the molecule is O=C([C@@H]1CCCN1C(=O)CN1C(=O)CCc2ccccc21)N1CCCCC1. The predicted octanol–water partition coefficient (Wildman–Crippen LogP) is 1.97. The summed E-state index contributed by atoms with van der Waals surface area (Å²) in [6, 6.07) is 7.42. The maximum absolute atomic E-state index is 13.0. The molecule has 0 radical (unpaired) electrons. The van der Waals surface area contributed by atoms with Crippen LogP contribution in [0.5, 0.6) is 0 Å². The highest BCUT2D eigenvalue weighted by Crippen LogP contribution is 2.28. The Morgan fingerprint density at radius 3 is 2.56 bits per heavy atom. The van der Waals surface area contributed by atoms with Crippen molar-refractivity contribution < 1.29 is 14.4 Å². The Morgan fingerprint density at radius 2 is 1.74 bits per heavy atom. The first-order valence-electron chi connectivity index (χ1n) is 10.1. The molecular weight excluding hydrogens is 342 g/mol. The van der Waals surface area contributed by atoms with Crippen LogP contribution in [0.3, 0.4) is 0 Å². The van der Waals surface area contributed by atoms with Crippen LogP contribution in [0.1, 0.15) is 44.1 Å². The Labute approximate surface area is 160 Å². The summed E-state index contributed by atoms with van der Waals surface area (Å²) in [5.74, 6) is -0.0426. The second kappa shape index (κ2) is 7.71. The standard InChI is InChI=1S/C21H27N3O3/c25-19-11-10-16-7-2-3-8-17(16)24(19)15-20(26)23-14-6-9-18(23)21(27)22-12-4-1-5-13-22/h2-3,7-8,18H,1,4-6,9-15H2/t18-/m0/s1. The highest BCUT2D eigenvalue weighted by Gasteiger charge is 2.38. The third-order valence-corrected chi connectivity index (χ3v) is 6.01. The predicted molar refractivity (Wildman–Crippen MR) is 102 cm³/mol. The van der Waals surface area contributed by atoms with E-state index in [4.69, 9.17) is 0 Å². The van der Waals surface area contributed by atoms with E-state index >= 15 is 0 Å². The Kier molecular flexibility index (Phi) is 5.14. The Morgan fingerprint density at radius 1 is 0.963 bits per heavy atom. The molecule has 4 rings (SSSR count). The van der Waals surface area contributed by atoms with E-state index in [9.17, 15) is 14.4 Å². The molecule has 1 atom stereocenters. The van der Waals surface area contributed by atoms with Crippen LogP contribution in [0.4, 0.5) is 5.69 Å². The van der Waals surface area contributed by atoms with Gasteiger partial charge in [-0.15, -0.1) is 0 Å². The van der Waals surface area contributed by atoms with Crippen molar-refractivity contribution >= 4 is 23.4 Å². The van der Waals surface area contributed by atoms with Gasteiger partial charge in [0.1, 0.15) is 12.6 Å². The van der Waals surface area contributed by atoms with E-state index < -0.39 is 0 Å². The minimum Gasteiger partial charge on any atom is -0.341 e. The van der Waals surface area contributed by atoms with E-state index in [1.807, 2.05) is 29.2 Å². The Balaban J connectivity index is 1.47. The number of anilines is 1. The summed E-state index contributed by atoms with van der Waals surface area (Å²) in [6.07, 6.45) is 6.00. The number of likely N-dealkylation sites (tertiary alicyclic amines) is 2. The van der Waals surface area contributed by atoms with Crippen molar-refractivity contribution in [1.82, 2.24) is 9.80 Å². The first kappa shape index (κ1) is 18.0. The third-order valence-electron chi connectivity index (χ3n) is 6.01. The molecule has 2 fully saturated rings. The molecule has 1 aromatic rings. The third kappa shape index (κ3) is 3.57. The van der Waals surface area contributed by atoms with Gasteiger partial charge in [-0.05, 0) is 50.2 Å². The lowest BCUT2D eigenvalue weighted by Gasteiger charge is -2.34. The fraction of sp³-hybridized carbons (Fsp3) is 0.571. The van der Waals surface area contributed by atoms with Gasteiger partial charge in [0, 0.05) is 31.7 Å². The maximum Gasteiger partial charge on any atom is 0.245 e. The van der Waals surface area contributed by atoms with E-state index in [-0.39, 0.29) is 30.3 Å². The number of hydrogen-bond donors (Lipinski definition) is 0. The fourth-order valence-electron chi connectivity index (χ4n) is 4.54. The van der Waals surface area contributed by atoms with Crippen LogP contribution in [-0.4, -0.2) is 59.7 Å². The Hall–Kier alpha value is -2.37. The molecule has 1 aromatic carbocycles. The lowest BCUT2D eigenvalue weighted by Crippen LogP contribution is -2.52. The molecule has 0 N–H and O–H groups in total. The first-order valence-corrected chi connectivity index (χ1v) is 10.1. The van der Waals surface area contributed by atoms with E-state index in [0.717, 1.165) is 56.4 Å². The molecule has 0 bridgehead atoms. The molecule has 3 heterocycles. The van der Waals surface area contributed by atoms with Gasteiger partial charge in [0.2, 0.25) is 17.7 Å². The summed E-state index contributed by atoms with van der Waals surface area (Å²) in [6.45, 7) is 2.23. The van der Waals surface area contributed by atoms with Crippen LogP contribution < -0.4 is 4.90 Å². The number of hydrogen-bond acceptors (Lipinski definition) is 3. The van der Waals surface area contributed by atoms with Gasteiger partial charge >= 0.3 is 0 Å². The summed E-state index contributed by atoms with van der Waals surface area (Å²) >= 11 is 0. The number of benzene rings is 1. The van der Waals surface area contributed by atoms with Crippen LogP contribution in [0, 0.1) is 0 Å². The van der Waals surface area contributed by atoms with Gasteiger partial charge in [-0.25, -0.2) is 0 Å². The smallest absolute Gasteiger partial charge is 0.245 e. The van der Waals surface area contributed by atoms with Crippen molar-refractivity contribution in [2.75, 3.05) is 31.1 Å². The second-order valence-electron chi connectivity index (χ2n) is 7.74. The molecule has 3 aliphatic rings. The molecular formula is C21H27N3O3. The zero-order chi connectivity index (χ0) is 18.8. The van der Waals surface area contributed by atoms with Crippen LogP contribution in [0.2, 0.25) is 0 Å². The highest BCUT2D eigenvalue weighted by atomic mass is 16.2. The molecule has 144 valence electrons. The number of piperidine rings is 1. The summed E-state index contributed by atoms with van der Waals surface area (Å²) in [7, 11) is 0. The molecule has 0 aliphatic carbocycles. The molecule has 27 heavy (non-hydrogen) atoms. The lowest BCUT2D eigenvalue weighted by atomic mass is 10.0. The van der Waals surface area contributed by atoms with Gasteiger partial charge < -0.3 is 14.7 Å². The van der Waals surface area contributed by atoms with Crippen molar-refractivity contribution in [1.29, 1.82) is 0 Å². The van der Waals surface area contributed by atoms with Crippen molar-refractivity contribution in [3.05, 3.63) is 29.8 Å². The van der Waals surface area contributed by atoms with Crippen LogP contribution in [-0.2, 0) is 20.8 Å². The number of amides is 3. The number of para-hydroxylation sites is 1. The van der Waals surface area contributed by atoms with Crippen molar-refractivity contribution in [3.63, 3.8) is 0 Å². The number of rotatable bonds is 3. The molecule has 0 spiro atoms. The summed E-state index contributed by atoms with van der Waals surface area (Å²) < 4.78 is 0. The minimum atomic E-state index is -0.356. The largest absolute Gasteiger partial charge is 0.341 e. The van der Waals surface area contributed by atoms with Crippen molar-refractivity contribution in [2.24, 2.45) is 0 Å². The molecule has 3 amide bonds. The minimum absolute atomic E-state index is 0.0137. The topological polar surface area (TPSA) is 60.9 Å². The summed E-state index contributed by atoms with van der Waals surface area (Å²) in [5.41, 5.74) is 1.94. The maximum atomic E-state index is 13.0. The second-order valence-corrected chi connectivity index (χ2v) is 7.74. The number of aryl methyl sites for hydroxylation is 1. The van der Waals surface area contributed by atoms with E-state index in [1.165, 1.54) is 6.42 Å². The fourth-order valence-corrected chi connectivity index (χ4v) is 4.54. The van der Waals surface area contributed by atoms with E-state index in [2.05, 4.69) is 0 Å². The van der Waals surface area contributed by atoms with Gasteiger partial charge in [0.05, 0.1) is 0 Å². The van der Waals surface area contributed by atoms with Crippen LogP contribution in [0.25, 0.3) is 0 Å². The first-order chi connectivity index (χ1) is 13.1. The number of fused-ring (bicyclic) bond motifs is 1. The molecule has 0 aromatic heterocycles. The van der Waals surface area contributed by atoms with E-state index in [1.54, 1.807) is 9.80 Å². The molecule has 3 aliphatic heterocycles. The van der Waals surface area contributed by atoms with Gasteiger partial charge in [-0.2, -0.15) is 0 Å². The highest BCUT2D eigenvalue weighted by molar-refractivity contribution is 6.01. The average Bonchev–Trinajstić information content (AvgIpc) is 3.20. The molecule has 0 unspecified atom stereocenters. The molecule has 6 heteroatoms. The van der Waals surface area contributed by atoms with Crippen LogP contribution in [0.15, 0.2) is 24.3 Å². The molecule has 2 saturated heterocycles. The van der Waals surface area contributed by atoms with Gasteiger partial charge in [-0.1, -0.05) is 18.2 Å². The normalized spacial score (nSPS) is 22.7. The summed E-state index contributed by atoms with van der Waals surface area (Å²) in [5, 5.41) is 0. The molecule has 0 saturated carbocycles. The number of carbonyl (C=O) groups is 3. The summed E-state index contributed by atoms with van der Waals surface area (Å²) in [4.78, 5) is 43.6. The van der Waals surface area contributed by atoms with Gasteiger partial charge in [0.15, 0.2) is 0 Å². The number of nitrogens with zero attached hydrogens (tertiary/aromatic N) is 3. The lowest BCUT2D eigenvalue weighted by molar-refractivity contribution is -0.144. The Bertz CT molecular complexity index is 742. The van der Waals surface area contributed by atoms with Gasteiger partial charge in [-0.3, -0.25) is 14.4 Å². The quantitative estimate of drug-likeness (QED) is 0.818. The average molecular weight is 369 g/mol. The molecule has 6 nitrogen and oxygen atoms in total. The van der Waals surface area contributed by atoms with E-state index in [0.29, 0.717) is 13.0 Å². The zero-order valence-electron chi connectivity index (χ0n) is 15.7. The monoisotopic (exact) mass is 369 g/mol. The number of carbonyl (C=O) groups excluding carboxylic acids is 3.